The Morgan fingerprint density at radius 2 is 2.00 bits per heavy atom. The number of hydrogen-bond donors (Lipinski definition) is 1. The Labute approximate surface area is 112 Å². The Kier molecular flexibility index (Phi) is 3.69. The molecule has 0 spiro atoms. The van der Waals surface area contributed by atoms with Crippen LogP contribution in [-0.2, 0) is 0 Å². The van der Waals surface area contributed by atoms with Crippen LogP contribution < -0.4 is 0 Å². The van der Waals surface area contributed by atoms with E-state index in [1.807, 2.05) is 38.1 Å². The number of aromatic carboxylic acids is 1. The zero-order valence-corrected chi connectivity index (χ0v) is 11.4. The van der Waals surface area contributed by atoms with Gasteiger partial charge in [0.2, 0.25) is 0 Å². The van der Waals surface area contributed by atoms with Gasteiger partial charge in [-0.2, -0.15) is 5.10 Å². The quantitative estimate of drug-likeness (QED) is 0.912. The summed E-state index contributed by atoms with van der Waals surface area (Å²) in [6.07, 6.45) is 2.53. The highest BCUT2D eigenvalue weighted by Gasteiger charge is 2.18. The maximum absolute atomic E-state index is 11.3. The number of aromatic nitrogens is 2. The highest BCUT2D eigenvalue weighted by Crippen LogP contribution is 2.24. The number of nitrogens with zero attached hydrogens (tertiary/aromatic N) is 2. The number of aryl methyl sites for hydroxylation is 1. The monoisotopic (exact) mass is 258 g/mol. The van der Waals surface area contributed by atoms with Gasteiger partial charge in [0.15, 0.2) is 0 Å². The Hall–Kier alpha value is -2.10. The number of carboxylic acids is 1. The molecule has 2 rings (SSSR count). The molecule has 4 heteroatoms. The van der Waals surface area contributed by atoms with Crippen molar-refractivity contribution in [2.45, 2.75) is 33.2 Å². The number of benzene rings is 1. The van der Waals surface area contributed by atoms with Crippen LogP contribution in [0.25, 0.3) is 11.3 Å². The maximum atomic E-state index is 11.3. The van der Waals surface area contributed by atoms with Crippen LogP contribution in [0, 0.1) is 6.92 Å². The molecular weight excluding hydrogens is 240 g/mol. The summed E-state index contributed by atoms with van der Waals surface area (Å²) in [4.78, 5) is 11.3. The van der Waals surface area contributed by atoms with Crippen molar-refractivity contribution in [3.8, 4) is 11.3 Å². The van der Waals surface area contributed by atoms with Crippen molar-refractivity contribution < 1.29 is 9.90 Å². The highest BCUT2D eigenvalue weighted by atomic mass is 16.4. The SMILES string of the molecule is CCC(C)n1cc(C(=O)O)c(-c2ccc(C)cc2)n1. The van der Waals surface area contributed by atoms with E-state index in [4.69, 9.17) is 0 Å². The average Bonchev–Trinajstić information content (AvgIpc) is 2.84. The largest absolute Gasteiger partial charge is 0.478 e. The third kappa shape index (κ3) is 2.67. The molecule has 1 unspecified atom stereocenters. The Morgan fingerprint density at radius 3 is 2.53 bits per heavy atom. The molecule has 1 aromatic carbocycles. The molecule has 0 saturated heterocycles. The molecule has 0 aliphatic rings. The van der Waals surface area contributed by atoms with E-state index in [-0.39, 0.29) is 11.6 Å². The summed E-state index contributed by atoms with van der Waals surface area (Å²) < 4.78 is 1.73. The molecule has 1 atom stereocenters. The first-order valence-electron chi connectivity index (χ1n) is 6.42. The third-order valence-corrected chi connectivity index (χ3v) is 3.33. The van der Waals surface area contributed by atoms with Gasteiger partial charge in [0.1, 0.15) is 11.3 Å². The molecule has 4 nitrogen and oxygen atoms in total. The molecule has 2 aromatic rings. The smallest absolute Gasteiger partial charge is 0.339 e. The van der Waals surface area contributed by atoms with Crippen LogP contribution >= 0.6 is 0 Å². The molecular formula is C15H18N2O2. The van der Waals surface area contributed by atoms with Crippen LogP contribution in [-0.4, -0.2) is 20.9 Å². The van der Waals surface area contributed by atoms with Crippen molar-refractivity contribution in [3.63, 3.8) is 0 Å². The van der Waals surface area contributed by atoms with Gasteiger partial charge in [-0.3, -0.25) is 4.68 Å². The average molecular weight is 258 g/mol. The van der Waals surface area contributed by atoms with Gasteiger partial charge in [0.25, 0.3) is 0 Å². The lowest BCUT2D eigenvalue weighted by Gasteiger charge is -2.07. The van der Waals surface area contributed by atoms with Crippen molar-refractivity contribution in [1.82, 2.24) is 9.78 Å². The zero-order chi connectivity index (χ0) is 14.0. The fraction of sp³-hybridized carbons (Fsp3) is 0.333. The summed E-state index contributed by atoms with van der Waals surface area (Å²) >= 11 is 0. The first-order chi connectivity index (χ1) is 9.02. The maximum Gasteiger partial charge on any atom is 0.339 e. The fourth-order valence-electron chi connectivity index (χ4n) is 1.89. The van der Waals surface area contributed by atoms with Gasteiger partial charge >= 0.3 is 5.97 Å². The summed E-state index contributed by atoms with van der Waals surface area (Å²) in [5, 5.41) is 13.7. The minimum atomic E-state index is -0.940. The standard InChI is InChI=1S/C15H18N2O2/c1-4-11(3)17-9-13(15(18)19)14(16-17)12-7-5-10(2)6-8-12/h5-9,11H,4H2,1-3H3,(H,18,19). The number of carboxylic acid groups (broad SMARTS) is 1. The summed E-state index contributed by atoms with van der Waals surface area (Å²) in [7, 11) is 0. The molecule has 0 aliphatic heterocycles. The van der Waals surface area contributed by atoms with Gasteiger partial charge in [-0.25, -0.2) is 4.79 Å². The van der Waals surface area contributed by atoms with Crippen LogP contribution in [0.15, 0.2) is 30.5 Å². The molecule has 1 aromatic heterocycles. The lowest BCUT2D eigenvalue weighted by molar-refractivity contribution is 0.0697. The minimum absolute atomic E-state index is 0.192. The van der Waals surface area contributed by atoms with Crippen molar-refractivity contribution in [3.05, 3.63) is 41.6 Å². The number of rotatable bonds is 4. The minimum Gasteiger partial charge on any atom is -0.478 e. The molecule has 1 N–H and O–H groups in total. The lowest BCUT2D eigenvalue weighted by Crippen LogP contribution is -2.04. The van der Waals surface area contributed by atoms with E-state index in [2.05, 4.69) is 12.0 Å². The van der Waals surface area contributed by atoms with Crippen molar-refractivity contribution in [2.24, 2.45) is 0 Å². The molecule has 1 heterocycles. The van der Waals surface area contributed by atoms with Crippen LogP contribution in [0.4, 0.5) is 0 Å². The molecule has 100 valence electrons. The van der Waals surface area contributed by atoms with Gasteiger partial charge in [-0.15, -0.1) is 0 Å². The van der Waals surface area contributed by atoms with Crippen molar-refractivity contribution >= 4 is 5.97 Å². The van der Waals surface area contributed by atoms with Gasteiger partial charge in [0, 0.05) is 17.8 Å². The van der Waals surface area contributed by atoms with Gasteiger partial charge < -0.3 is 5.11 Å². The molecule has 0 bridgehead atoms. The van der Waals surface area contributed by atoms with E-state index in [0.29, 0.717) is 5.69 Å². The predicted octanol–water partition coefficient (Wildman–Crippen LogP) is 3.53. The first-order valence-corrected chi connectivity index (χ1v) is 6.42. The van der Waals surface area contributed by atoms with Gasteiger partial charge in [-0.05, 0) is 20.3 Å². The van der Waals surface area contributed by atoms with E-state index in [1.165, 1.54) is 0 Å². The Morgan fingerprint density at radius 1 is 1.37 bits per heavy atom. The summed E-state index contributed by atoms with van der Waals surface area (Å²) in [5.41, 5.74) is 2.77. The molecule has 0 amide bonds. The fourth-order valence-corrected chi connectivity index (χ4v) is 1.89. The molecule has 0 saturated carbocycles. The van der Waals surface area contributed by atoms with Crippen LogP contribution in [0.1, 0.15) is 42.2 Å². The van der Waals surface area contributed by atoms with Gasteiger partial charge in [0.05, 0.1) is 0 Å². The lowest BCUT2D eigenvalue weighted by atomic mass is 10.1. The van der Waals surface area contributed by atoms with Crippen molar-refractivity contribution in [2.75, 3.05) is 0 Å². The summed E-state index contributed by atoms with van der Waals surface area (Å²) in [6, 6.07) is 7.93. The highest BCUT2D eigenvalue weighted by molar-refractivity contribution is 5.94. The van der Waals surface area contributed by atoms with E-state index < -0.39 is 5.97 Å². The van der Waals surface area contributed by atoms with Crippen LogP contribution in [0.2, 0.25) is 0 Å². The second kappa shape index (κ2) is 5.26. The van der Waals surface area contributed by atoms with E-state index in [0.717, 1.165) is 17.5 Å². The van der Waals surface area contributed by atoms with Crippen LogP contribution in [0.5, 0.6) is 0 Å². The summed E-state index contributed by atoms with van der Waals surface area (Å²) in [6.45, 7) is 6.08. The predicted molar refractivity (Wildman–Crippen MR) is 74.4 cm³/mol. The molecule has 0 aliphatic carbocycles. The van der Waals surface area contributed by atoms with E-state index in [1.54, 1.807) is 10.9 Å². The van der Waals surface area contributed by atoms with Gasteiger partial charge in [-0.1, -0.05) is 36.8 Å². The second-order valence-electron chi connectivity index (χ2n) is 4.80. The van der Waals surface area contributed by atoms with E-state index >= 15 is 0 Å². The van der Waals surface area contributed by atoms with E-state index in [9.17, 15) is 9.90 Å². The number of carbonyl (C=O) groups is 1. The topological polar surface area (TPSA) is 55.1 Å². The molecule has 0 radical (unpaired) electrons. The van der Waals surface area contributed by atoms with Crippen LogP contribution in [0.3, 0.4) is 0 Å². The third-order valence-electron chi connectivity index (χ3n) is 3.33. The van der Waals surface area contributed by atoms with Crippen molar-refractivity contribution in [1.29, 1.82) is 0 Å². The first kappa shape index (κ1) is 13.3. The molecule has 0 fully saturated rings. The Balaban J connectivity index is 2.51. The zero-order valence-electron chi connectivity index (χ0n) is 11.4. The Bertz CT molecular complexity index is 585. The molecule has 19 heavy (non-hydrogen) atoms. The normalized spacial score (nSPS) is 12.4. The summed E-state index contributed by atoms with van der Waals surface area (Å²) in [5.74, 6) is -0.940. The second-order valence-corrected chi connectivity index (χ2v) is 4.80. The number of hydrogen-bond acceptors (Lipinski definition) is 2.